The highest BCUT2D eigenvalue weighted by Gasteiger charge is 2.49. The van der Waals surface area contributed by atoms with Gasteiger partial charge in [0.25, 0.3) is 0 Å². The zero-order valence-electron chi connectivity index (χ0n) is 20.4. The molecular formula is C25H33N5O5. The van der Waals surface area contributed by atoms with Gasteiger partial charge in [0, 0.05) is 20.1 Å². The number of carboxylic acid groups (broad SMARTS) is 1. The standard InChI is InChI=1S/C25H33N5O5/c1-3-18-21(35-17-6-4-5-16(13-17)23(31)32)8-7-19(26-18)22-20(29(2)28-27-22)14-34-24(33)30-12-11-25(15-30)9-10-25/h7-8,16-17H,3-6,9-15H2,1-2H3,(H,31,32)/t16-,17-/m0/s1. The quantitative estimate of drug-likeness (QED) is 0.635. The summed E-state index contributed by atoms with van der Waals surface area (Å²) in [7, 11) is 1.77. The second-order valence-corrected chi connectivity index (χ2v) is 10.2. The number of likely N-dealkylation sites (tertiary alicyclic amines) is 1. The van der Waals surface area contributed by atoms with Crippen LogP contribution in [0.25, 0.3) is 11.4 Å². The SMILES string of the molecule is CCc1nc(-c2nnn(C)c2COC(=O)N2CCC3(CC3)C2)ccc1O[C@H]1CCC[C@H](C(=O)O)C1. The van der Waals surface area contributed by atoms with Gasteiger partial charge in [-0.2, -0.15) is 0 Å². The van der Waals surface area contributed by atoms with Crippen LogP contribution in [0, 0.1) is 11.3 Å². The summed E-state index contributed by atoms with van der Waals surface area (Å²) in [5.74, 6) is -0.436. The summed E-state index contributed by atoms with van der Waals surface area (Å²) < 4.78 is 13.4. The highest BCUT2D eigenvalue weighted by atomic mass is 16.6. The second-order valence-electron chi connectivity index (χ2n) is 10.2. The molecule has 1 aliphatic heterocycles. The molecule has 3 fully saturated rings. The highest BCUT2D eigenvalue weighted by Crippen LogP contribution is 2.52. The number of ether oxygens (including phenoxy) is 2. The molecule has 2 atom stereocenters. The monoisotopic (exact) mass is 483 g/mol. The van der Waals surface area contributed by atoms with E-state index in [1.807, 2.05) is 19.1 Å². The zero-order chi connectivity index (χ0) is 24.6. The van der Waals surface area contributed by atoms with E-state index in [1.54, 1.807) is 16.6 Å². The van der Waals surface area contributed by atoms with Crippen LogP contribution in [0.15, 0.2) is 12.1 Å². The van der Waals surface area contributed by atoms with Crippen LogP contribution < -0.4 is 4.74 Å². The van der Waals surface area contributed by atoms with Crippen molar-refractivity contribution in [2.24, 2.45) is 18.4 Å². The van der Waals surface area contributed by atoms with Gasteiger partial charge in [-0.3, -0.25) is 4.79 Å². The molecule has 1 amide bonds. The van der Waals surface area contributed by atoms with Gasteiger partial charge >= 0.3 is 12.1 Å². The Hall–Kier alpha value is -3.17. The Morgan fingerprint density at radius 1 is 1.23 bits per heavy atom. The van der Waals surface area contributed by atoms with Crippen LogP contribution in [0.3, 0.4) is 0 Å². The summed E-state index contributed by atoms with van der Waals surface area (Å²) in [6.07, 6.45) is 6.60. The molecule has 10 heteroatoms. The van der Waals surface area contributed by atoms with Crippen molar-refractivity contribution in [1.82, 2.24) is 24.9 Å². The predicted octanol–water partition coefficient (Wildman–Crippen LogP) is 3.58. The van der Waals surface area contributed by atoms with Gasteiger partial charge in [0.15, 0.2) is 0 Å². The van der Waals surface area contributed by atoms with Gasteiger partial charge in [0.2, 0.25) is 0 Å². The van der Waals surface area contributed by atoms with E-state index in [0.29, 0.717) is 47.5 Å². The summed E-state index contributed by atoms with van der Waals surface area (Å²) in [4.78, 5) is 30.6. The Kier molecular flexibility index (Phi) is 6.37. The van der Waals surface area contributed by atoms with Crippen molar-refractivity contribution in [3.63, 3.8) is 0 Å². The van der Waals surface area contributed by atoms with Crippen LogP contribution in [-0.2, 0) is 29.6 Å². The van der Waals surface area contributed by atoms with Crippen LogP contribution in [-0.4, -0.2) is 61.2 Å². The average molecular weight is 484 g/mol. The number of aliphatic carboxylic acids is 1. The minimum atomic E-state index is -0.754. The first-order valence-corrected chi connectivity index (χ1v) is 12.6. The molecule has 0 unspecified atom stereocenters. The maximum Gasteiger partial charge on any atom is 0.410 e. The molecule has 3 heterocycles. The van der Waals surface area contributed by atoms with Crippen molar-refractivity contribution in [2.45, 2.75) is 71.0 Å². The minimum absolute atomic E-state index is 0.0706. The molecule has 3 aliphatic rings. The third-order valence-corrected chi connectivity index (χ3v) is 7.71. The van der Waals surface area contributed by atoms with E-state index in [4.69, 9.17) is 14.5 Å². The smallest absolute Gasteiger partial charge is 0.410 e. The summed E-state index contributed by atoms with van der Waals surface area (Å²) >= 11 is 0. The number of hydrogen-bond donors (Lipinski definition) is 1. The van der Waals surface area contributed by atoms with Crippen molar-refractivity contribution in [1.29, 1.82) is 0 Å². The number of amides is 1. The van der Waals surface area contributed by atoms with Crippen molar-refractivity contribution in [2.75, 3.05) is 13.1 Å². The van der Waals surface area contributed by atoms with Crippen LogP contribution in [0.2, 0.25) is 0 Å². The number of carbonyl (C=O) groups is 2. The Morgan fingerprint density at radius 2 is 2.06 bits per heavy atom. The van der Waals surface area contributed by atoms with Crippen molar-refractivity contribution in [3.8, 4) is 17.1 Å². The first kappa shape index (κ1) is 23.6. The molecule has 1 spiro atoms. The van der Waals surface area contributed by atoms with Gasteiger partial charge in [-0.15, -0.1) is 5.10 Å². The topological polar surface area (TPSA) is 120 Å². The van der Waals surface area contributed by atoms with E-state index in [-0.39, 0.29) is 24.7 Å². The number of carbonyl (C=O) groups excluding carboxylic acids is 1. The van der Waals surface area contributed by atoms with Crippen LogP contribution in [0.1, 0.15) is 63.3 Å². The maximum atomic E-state index is 12.6. The third-order valence-electron chi connectivity index (χ3n) is 7.71. The molecule has 2 aromatic heterocycles. The molecule has 0 radical (unpaired) electrons. The summed E-state index contributed by atoms with van der Waals surface area (Å²) in [6.45, 7) is 3.62. The molecule has 5 rings (SSSR count). The number of pyridine rings is 1. The minimum Gasteiger partial charge on any atom is -0.488 e. The largest absolute Gasteiger partial charge is 0.488 e. The van der Waals surface area contributed by atoms with Gasteiger partial charge in [-0.25, -0.2) is 14.5 Å². The normalized spacial score (nSPS) is 22.9. The van der Waals surface area contributed by atoms with Crippen LogP contribution in [0.4, 0.5) is 4.79 Å². The van der Waals surface area contributed by atoms with Gasteiger partial charge in [0.05, 0.1) is 23.4 Å². The Morgan fingerprint density at radius 3 is 2.77 bits per heavy atom. The van der Waals surface area contributed by atoms with Gasteiger partial charge < -0.3 is 19.5 Å². The van der Waals surface area contributed by atoms with E-state index in [2.05, 4.69) is 10.3 Å². The third kappa shape index (κ3) is 4.97. The molecular weight excluding hydrogens is 450 g/mol. The summed E-state index contributed by atoms with van der Waals surface area (Å²) in [5, 5.41) is 17.8. The van der Waals surface area contributed by atoms with Gasteiger partial charge in [-0.1, -0.05) is 12.1 Å². The number of aryl methyl sites for hydroxylation is 2. The molecule has 2 aromatic rings. The van der Waals surface area contributed by atoms with Crippen molar-refractivity contribution in [3.05, 3.63) is 23.5 Å². The number of aromatic nitrogens is 4. The number of hydrogen-bond acceptors (Lipinski definition) is 7. The van der Waals surface area contributed by atoms with E-state index in [9.17, 15) is 14.7 Å². The first-order chi connectivity index (χ1) is 16.9. The van der Waals surface area contributed by atoms with E-state index >= 15 is 0 Å². The van der Waals surface area contributed by atoms with E-state index < -0.39 is 5.97 Å². The lowest BCUT2D eigenvalue weighted by atomic mass is 9.87. The molecule has 0 bridgehead atoms. The predicted molar refractivity (Wildman–Crippen MR) is 126 cm³/mol. The van der Waals surface area contributed by atoms with Gasteiger partial charge in [-0.05, 0) is 68.9 Å². The van der Waals surface area contributed by atoms with Crippen molar-refractivity contribution >= 4 is 12.1 Å². The fourth-order valence-corrected chi connectivity index (χ4v) is 5.27. The Bertz CT molecular complexity index is 1110. The molecule has 2 saturated carbocycles. The van der Waals surface area contributed by atoms with Gasteiger partial charge in [0.1, 0.15) is 23.7 Å². The summed E-state index contributed by atoms with van der Waals surface area (Å²) in [5.41, 5.74) is 3.02. The fraction of sp³-hybridized carbons (Fsp3) is 0.640. The number of carboxylic acids is 1. The number of nitrogens with zero attached hydrogens (tertiary/aromatic N) is 5. The summed E-state index contributed by atoms with van der Waals surface area (Å²) in [6, 6.07) is 3.70. The van der Waals surface area contributed by atoms with Crippen LogP contribution in [0.5, 0.6) is 5.75 Å². The van der Waals surface area contributed by atoms with Crippen LogP contribution >= 0.6 is 0 Å². The first-order valence-electron chi connectivity index (χ1n) is 12.6. The molecule has 0 aromatic carbocycles. The number of rotatable bonds is 7. The fourth-order valence-electron chi connectivity index (χ4n) is 5.27. The lowest BCUT2D eigenvalue weighted by molar-refractivity contribution is -0.143. The van der Waals surface area contributed by atoms with E-state index in [0.717, 1.165) is 38.0 Å². The lowest BCUT2D eigenvalue weighted by Gasteiger charge is -2.28. The maximum absolute atomic E-state index is 12.6. The molecule has 1 N–H and O–H groups in total. The molecule has 188 valence electrons. The average Bonchev–Trinajstić information content (AvgIpc) is 3.32. The molecule has 10 nitrogen and oxygen atoms in total. The molecule has 35 heavy (non-hydrogen) atoms. The van der Waals surface area contributed by atoms with E-state index in [1.165, 1.54) is 12.8 Å². The highest BCUT2D eigenvalue weighted by molar-refractivity contribution is 5.70. The Labute approximate surface area is 204 Å². The Balaban J connectivity index is 1.27. The van der Waals surface area contributed by atoms with Crippen molar-refractivity contribution < 1.29 is 24.2 Å². The molecule has 1 saturated heterocycles. The lowest BCUT2D eigenvalue weighted by Crippen LogP contribution is -2.30. The second kappa shape index (κ2) is 9.47. The molecule has 2 aliphatic carbocycles. The zero-order valence-corrected chi connectivity index (χ0v) is 20.4.